The van der Waals surface area contributed by atoms with Crippen molar-refractivity contribution in [3.8, 4) is 0 Å². The largest absolute Gasteiger partial charge is 0.130 e. The van der Waals surface area contributed by atoms with Crippen LogP contribution in [0.4, 0.5) is 0 Å². The highest BCUT2D eigenvalue weighted by molar-refractivity contribution is 7.17. The lowest BCUT2D eigenvalue weighted by atomic mass is 9.97. The van der Waals surface area contributed by atoms with Crippen molar-refractivity contribution in [3.63, 3.8) is 0 Å². The van der Waals surface area contributed by atoms with Crippen LogP contribution in [-0.2, 0) is 0 Å². The summed E-state index contributed by atoms with van der Waals surface area (Å²) in [5.74, 6) is 0. The fourth-order valence-corrected chi connectivity index (χ4v) is 1.74. The van der Waals surface area contributed by atoms with Crippen molar-refractivity contribution >= 4 is 9.24 Å². The monoisotopic (exact) mass is 218 g/mol. The third kappa shape index (κ3) is 3.64. The molecule has 0 aromatic heterocycles. The molecule has 0 bridgehead atoms. The van der Waals surface area contributed by atoms with Gasteiger partial charge in [-0.25, -0.2) is 0 Å². The second-order valence-corrected chi connectivity index (χ2v) is 4.61. The van der Waals surface area contributed by atoms with Crippen molar-refractivity contribution in [3.05, 3.63) is 59.8 Å². The molecule has 1 aliphatic rings. The molecular formula is C14H19P. The molecule has 1 aliphatic carbocycles. The lowest BCUT2D eigenvalue weighted by Crippen LogP contribution is -1.97. The van der Waals surface area contributed by atoms with Gasteiger partial charge in [-0.05, 0) is 37.1 Å². The van der Waals surface area contributed by atoms with Crippen molar-refractivity contribution in [2.24, 2.45) is 0 Å². The van der Waals surface area contributed by atoms with Crippen molar-refractivity contribution < 1.29 is 0 Å². The first-order chi connectivity index (χ1) is 7.17. The van der Waals surface area contributed by atoms with Gasteiger partial charge in [-0.3, -0.25) is 0 Å². The van der Waals surface area contributed by atoms with Crippen molar-refractivity contribution in [1.29, 1.82) is 0 Å². The number of hydrogen-bond donors (Lipinski definition) is 0. The van der Waals surface area contributed by atoms with Crippen LogP contribution in [0, 0.1) is 0 Å². The minimum Gasteiger partial charge on any atom is -0.130 e. The first-order valence-corrected chi connectivity index (χ1v) is 5.95. The summed E-state index contributed by atoms with van der Waals surface area (Å²) in [5, 5.41) is 0. The van der Waals surface area contributed by atoms with Crippen molar-refractivity contribution in [2.75, 3.05) is 0 Å². The molecule has 0 aromatic carbocycles. The van der Waals surface area contributed by atoms with Crippen molar-refractivity contribution in [1.82, 2.24) is 0 Å². The standard InChI is InChI=1S/C14H19P/c1-4-11(3)10-12(5-2)13-6-8-14(15)9-7-13/h4-8,10,14H,1,9,15H2,2-3H3/b11-10-,12-5+. The summed E-state index contributed by atoms with van der Waals surface area (Å²) in [5.41, 5.74) is 4.39. The van der Waals surface area contributed by atoms with E-state index in [2.05, 4.69) is 60.0 Å². The van der Waals surface area contributed by atoms with Gasteiger partial charge in [-0.2, -0.15) is 0 Å². The molecule has 2 unspecified atom stereocenters. The van der Waals surface area contributed by atoms with Crippen LogP contribution in [0.3, 0.4) is 0 Å². The molecular weight excluding hydrogens is 199 g/mol. The molecule has 0 N–H and O–H groups in total. The fraction of sp³-hybridized carbons (Fsp3) is 0.286. The fourth-order valence-electron chi connectivity index (χ4n) is 1.49. The van der Waals surface area contributed by atoms with E-state index in [0.29, 0.717) is 5.66 Å². The number of hydrogen-bond acceptors (Lipinski definition) is 0. The van der Waals surface area contributed by atoms with Crippen LogP contribution in [-0.4, -0.2) is 5.66 Å². The Labute approximate surface area is 95.4 Å². The van der Waals surface area contributed by atoms with Gasteiger partial charge >= 0.3 is 0 Å². The Morgan fingerprint density at radius 1 is 1.60 bits per heavy atom. The van der Waals surface area contributed by atoms with Crippen LogP contribution in [0.1, 0.15) is 20.3 Å². The van der Waals surface area contributed by atoms with Gasteiger partial charge in [0.15, 0.2) is 0 Å². The first-order valence-electron chi connectivity index (χ1n) is 5.28. The van der Waals surface area contributed by atoms with E-state index in [1.165, 1.54) is 16.7 Å². The van der Waals surface area contributed by atoms with E-state index in [4.69, 9.17) is 0 Å². The van der Waals surface area contributed by atoms with E-state index < -0.39 is 0 Å². The molecule has 0 aliphatic heterocycles. The van der Waals surface area contributed by atoms with Crippen LogP contribution in [0.15, 0.2) is 59.8 Å². The smallest absolute Gasteiger partial charge is 0.00477 e. The quantitative estimate of drug-likeness (QED) is 0.492. The molecule has 0 heterocycles. The molecule has 15 heavy (non-hydrogen) atoms. The third-order valence-electron chi connectivity index (χ3n) is 2.48. The zero-order chi connectivity index (χ0) is 11.3. The summed E-state index contributed by atoms with van der Waals surface area (Å²) < 4.78 is 0. The Balaban J connectivity index is 2.87. The van der Waals surface area contributed by atoms with E-state index in [9.17, 15) is 0 Å². The van der Waals surface area contributed by atoms with Gasteiger partial charge in [0.05, 0.1) is 0 Å². The van der Waals surface area contributed by atoms with Crippen molar-refractivity contribution in [2.45, 2.75) is 25.9 Å². The maximum atomic E-state index is 3.77. The van der Waals surface area contributed by atoms with E-state index in [0.717, 1.165) is 6.42 Å². The molecule has 0 amide bonds. The van der Waals surface area contributed by atoms with E-state index in [1.54, 1.807) is 0 Å². The predicted octanol–water partition coefficient (Wildman–Crippen LogP) is 4.20. The summed E-state index contributed by atoms with van der Waals surface area (Å²) in [4.78, 5) is 0. The van der Waals surface area contributed by atoms with E-state index in [1.807, 2.05) is 6.08 Å². The second kappa shape index (κ2) is 5.88. The maximum Gasteiger partial charge on any atom is -0.00477 e. The summed E-state index contributed by atoms with van der Waals surface area (Å²) in [6.45, 7) is 7.91. The molecule has 0 saturated heterocycles. The summed E-state index contributed by atoms with van der Waals surface area (Å²) in [6, 6.07) is 0. The molecule has 2 atom stereocenters. The number of allylic oxidation sites excluding steroid dienone is 9. The zero-order valence-corrected chi connectivity index (χ0v) is 10.7. The Hall–Kier alpha value is -0.870. The average molecular weight is 218 g/mol. The predicted molar refractivity (Wildman–Crippen MR) is 73.0 cm³/mol. The molecule has 0 saturated carbocycles. The number of rotatable bonds is 3. The topological polar surface area (TPSA) is 0 Å². The lowest BCUT2D eigenvalue weighted by molar-refractivity contribution is 1.04. The normalized spacial score (nSPS) is 22.6. The minimum absolute atomic E-state index is 0.594. The van der Waals surface area contributed by atoms with E-state index >= 15 is 0 Å². The summed E-state index contributed by atoms with van der Waals surface area (Å²) in [7, 11) is 2.83. The van der Waals surface area contributed by atoms with Gasteiger partial charge in [0, 0.05) is 0 Å². The molecule has 80 valence electrons. The highest BCUT2D eigenvalue weighted by atomic mass is 31.0. The third-order valence-corrected chi connectivity index (χ3v) is 2.98. The lowest BCUT2D eigenvalue weighted by Gasteiger charge is -2.12. The average Bonchev–Trinajstić information content (AvgIpc) is 2.27. The Bertz CT molecular complexity index is 354. The molecule has 0 spiro atoms. The molecule has 0 fully saturated rings. The van der Waals surface area contributed by atoms with Gasteiger partial charge in [0.1, 0.15) is 0 Å². The maximum absolute atomic E-state index is 3.77. The SMILES string of the molecule is C=C/C(C)=C\C(=C/C)C1=CCC(P)C=C1. The van der Waals surface area contributed by atoms with Crippen LogP contribution >= 0.6 is 9.24 Å². The molecule has 0 nitrogen and oxygen atoms in total. The van der Waals surface area contributed by atoms with Crippen LogP contribution in [0.5, 0.6) is 0 Å². The van der Waals surface area contributed by atoms with Gasteiger partial charge in [-0.1, -0.05) is 48.6 Å². The summed E-state index contributed by atoms with van der Waals surface area (Å²) >= 11 is 0. The molecule has 0 aromatic rings. The van der Waals surface area contributed by atoms with E-state index in [-0.39, 0.29) is 0 Å². The molecule has 1 rings (SSSR count). The molecule has 0 radical (unpaired) electrons. The van der Waals surface area contributed by atoms with Gasteiger partial charge < -0.3 is 0 Å². The Kier molecular flexibility index (Phi) is 4.78. The second-order valence-electron chi connectivity index (χ2n) is 3.75. The zero-order valence-electron chi connectivity index (χ0n) is 9.53. The first kappa shape index (κ1) is 12.2. The van der Waals surface area contributed by atoms with Crippen LogP contribution in [0.25, 0.3) is 0 Å². The van der Waals surface area contributed by atoms with Gasteiger partial charge in [-0.15, -0.1) is 9.24 Å². The molecule has 1 heteroatoms. The van der Waals surface area contributed by atoms with Crippen LogP contribution in [0.2, 0.25) is 0 Å². The summed E-state index contributed by atoms with van der Waals surface area (Å²) in [6.07, 6.45) is 14.0. The Morgan fingerprint density at radius 2 is 2.33 bits per heavy atom. The highest BCUT2D eigenvalue weighted by Gasteiger charge is 2.05. The van der Waals surface area contributed by atoms with Gasteiger partial charge in [0.25, 0.3) is 0 Å². The highest BCUT2D eigenvalue weighted by Crippen LogP contribution is 2.23. The van der Waals surface area contributed by atoms with Gasteiger partial charge in [0.2, 0.25) is 0 Å². The van der Waals surface area contributed by atoms with Crippen LogP contribution < -0.4 is 0 Å². The Morgan fingerprint density at radius 3 is 2.80 bits per heavy atom. The minimum atomic E-state index is 0.594.